The smallest absolute Gasteiger partial charge is 0.336 e. The van der Waals surface area contributed by atoms with E-state index in [1.807, 2.05) is 6.07 Å². The van der Waals surface area contributed by atoms with Crippen LogP contribution in [0.2, 0.25) is 0 Å². The molecule has 2 aromatic rings. The third-order valence-electron chi connectivity index (χ3n) is 3.43. The van der Waals surface area contributed by atoms with Crippen molar-refractivity contribution in [2.75, 3.05) is 13.7 Å². The molecule has 0 unspecified atom stereocenters. The van der Waals surface area contributed by atoms with Crippen LogP contribution in [-0.2, 0) is 13.0 Å². The third kappa shape index (κ3) is 1.92. The molecule has 1 aliphatic rings. The van der Waals surface area contributed by atoms with E-state index in [1.54, 1.807) is 19.2 Å². The van der Waals surface area contributed by atoms with Crippen LogP contribution >= 0.6 is 0 Å². The van der Waals surface area contributed by atoms with E-state index >= 15 is 0 Å². The predicted molar refractivity (Wildman–Crippen MR) is 70.7 cm³/mol. The number of hydrogen-bond donors (Lipinski definition) is 2. The number of carboxylic acids is 1. The van der Waals surface area contributed by atoms with Gasteiger partial charge in [0.2, 0.25) is 0 Å². The van der Waals surface area contributed by atoms with Gasteiger partial charge in [-0.3, -0.25) is 4.98 Å². The van der Waals surface area contributed by atoms with Crippen LogP contribution in [0.1, 0.15) is 21.6 Å². The van der Waals surface area contributed by atoms with Crippen LogP contribution in [0, 0.1) is 0 Å². The van der Waals surface area contributed by atoms with Crippen molar-refractivity contribution >= 4 is 16.9 Å². The Morgan fingerprint density at radius 3 is 3.05 bits per heavy atom. The number of carboxylic acid groups (broad SMARTS) is 1. The Morgan fingerprint density at radius 1 is 1.47 bits per heavy atom. The first-order chi connectivity index (χ1) is 9.20. The highest BCUT2D eigenvalue weighted by molar-refractivity contribution is 6.04. The first-order valence-corrected chi connectivity index (χ1v) is 6.14. The van der Waals surface area contributed by atoms with Crippen molar-refractivity contribution in [2.45, 2.75) is 13.0 Å². The minimum Gasteiger partial charge on any atom is -0.497 e. The maximum Gasteiger partial charge on any atom is 0.336 e. The van der Waals surface area contributed by atoms with Gasteiger partial charge in [-0.15, -0.1) is 0 Å². The van der Waals surface area contributed by atoms with E-state index in [0.29, 0.717) is 28.8 Å². The summed E-state index contributed by atoms with van der Waals surface area (Å²) in [6.07, 6.45) is 0.761. The van der Waals surface area contributed by atoms with Crippen LogP contribution < -0.4 is 10.1 Å². The fraction of sp³-hybridized carbons (Fsp3) is 0.286. The first-order valence-electron chi connectivity index (χ1n) is 6.14. The van der Waals surface area contributed by atoms with Crippen LogP contribution in [0.3, 0.4) is 0 Å². The van der Waals surface area contributed by atoms with Gasteiger partial charge in [0.1, 0.15) is 5.75 Å². The van der Waals surface area contributed by atoms with Crippen molar-refractivity contribution < 1.29 is 14.6 Å². The summed E-state index contributed by atoms with van der Waals surface area (Å²) in [4.78, 5) is 16.2. The topological polar surface area (TPSA) is 71.5 Å². The summed E-state index contributed by atoms with van der Waals surface area (Å²) in [6.45, 7) is 1.39. The maximum atomic E-state index is 11.6. The Kier molecular flexibility index (Phi) is 2.83. The standard InChI is InChI=1S/C14H14N2O3/c1-19-8-2-3-11-9(6-8)13(14(17)18)10-7-15-5-4-12(10)16-11/h2-3,6,15H,4-5,7H2,1H3,(H,17,18). The molecule has 0 radical (unpaired) electrons. The molecule has 0 spiro atoms. The fourth-order valence-corrected chi connectivity index (χ4v) is 2.52. The summed E-state index contributed by atoms with van der Waals surface area (Å²) in [5, 5.41) is 13.3. The Morgan fingerprint density at radius 2 is 2.32 bits per heavy atom. The molecule has 0 atom stereocenters. The number of methoxy groups -OCH3 is 1. The second-order valence-electron chi connectivity index (χ2n) is 4.53. The number of nitrogens with zero attached hydrogens (tertiary/aromatic N) is 1. The quantitative estimate of drug-likeness (QED) is 0.855. The van der Waals surface area contributed by atoms with E-state index in [2.05, 4.69) is 10.3 Å². The van der Waals surface area contributed by atoms with Gasteiger partial charge in [-0.1, -0.05) is 0 Å². The normalized spacial score (nSPS) is 14.2. The van der Waals surface area contributed by atoms with Crippen molar-refractivity contribution in [3.63, 3.8) is 0 Å². The molecule has 19 heavy (non-hydrogen) atoms. The molecular formula is C14H14N2O3. The summed E-state index contributed by atoms with van der Waals surface area (Å²) in [7, 11) is 1.56. The lowest BCUT2D eigenvalue weighted by Gasteiger charge is -2.20. The van der Waals surface area contributed by atoms with Crippen LogP contribution in [0.15, 0.2) is 18.2 Å². The minimum absolute atomic E-state index is 0.339. The lowest BCUT2D eigenvalue weighted by Crippen LogP contribution is -2.27. The second-order valence-corrected chi connectivity index (χ2v) is 4.53. The molecule has 0 fully saturated rings. The van der Waals surface area contributed by atoms with Crippen molar-refractivity contribution in [3.8, 4) is 5.75 Å². The molecule has 0 saturated carbocycles. The van der Waals surface area contributed by atoms with Crippen LogP contribution in [-0.4, -0.2) is 29.7 Å². The molecule has 98 valence electrons. The molecule has 2 N–H and O–H groups in total. The number of aromatic carboxylic acids is 1. The molecule has 3 rings (SSSR count). The van der Waals surface area contributed by atoms with Crippen molar-refractivity contribution in [1.29, 1.82) is 0 Å². The summed E-state index contributed by atoms with van der Waals surface area (Å²) >= 11 is 0. The van der Waals surface area contributed by atoms with Gasteiger partial charge in [-0.25, -0.2) is 4.79 Å². The first kappa shape index (κ1) is 11.9. The number of aromatic nitrogens is 1. The van der Waals surface area contributed by atoms with Crippen molar-refractivity contribution in [2.24, 2.45) is 0 Å². The number of hydrogen-bond acceptors (Lipinski definition) is 4. The highest BCUT2D eigenvalue weighted by Crippen LogP contribution is 2.28. The van der Waals surface area contributed by atoms with Gasteiger partial charge in [0, 0.05) is 36.2 Å². The molecule has 0 amide bonds. The van der Waals surface area contributed by atoms with Crippen molar-refractivity contribution in [1.82, 2.24) is 10.3 Å². The van der Waals surface area contributed by atoms with Crippen LogP contribution in [0.25, 0.3) is 10.9 Å². The van der Waals surface area contributed by atoms with Gasteiger partial charge in [-0.05, 0) is 18.2 Å². The van der Waals surface area contributed by atoms with E-state index < -0.39 is 5.97 Å². The van der Waals surface area contributed by atoms with Gasteiger partial charge in [0.25, 0.3) is 0 Å². The molecule has 2 heterocycles. The summed E-state index contributed by atoms with van der Waals surface area (Å²) < 4.78 is 5.16. The molecule has 0 aliphatic carbocycles. The minimum atomic E-state index is -0.916. The van der Waals surface area contributed by atoms with E-state index in [4.69, 9.17) is 4.74 Å². The number of ether oxygens (including phenoxy) is 1. The molecule has 5 nitrogen and oxygen atoms in total. The second kappa shape index (κ2) is 4.51. The number of benzene rings is 1. The average Bonchev–Trinajstić information content (AvgIpc) is 2.43. The Bertz CT molecular complexity index is 667. The van der Waals surface area contributed by atoms with E-state index in [1.165, 1.54) is 0 Å². The molecule has 0 bridgehead atoms. The van der Waals surface area contributed by atoms with E-state index in [-0.39, 0.29) is 0 Å². The highest BCUT2D eigenvalue weighted by Gasteiger charge is 2.22. The Labute approximate surface area is 110 Å². The predicted octanol–water partition coefficient (Wildman–Crippen LogP) is 1.59. The summed E-state index contributed by atoms with van der Waals surface area (Å²) in [5.74, 6) is -0.277. The average molecular weight is 258 g/mol. The van der Waals surface area contributed by atoms with E-state index in [0.717, 1.165) is 24.2 Å². The zero-order chi connectivity index (χ0) is 13.4. The lowest BCUT2D eigenvalue weighted by atomic mass is 9.96. The molecule has 0 saturated heterocycles. The SMILES string of the molecule is COc1ccc2nc3c(c(C(=O)O)c2c1)CNCC3. The zero-order valence-corrected chi connectivity index (χ0v) is 10.6. The van der Waals surface area contributed by atoms with Gasteiger partial charge in [0.05, 0.1) is 18.2 Å². The van der Waals surface area contributed by atoms with Crippen molar-refractivity contribution in [3.05, 3.63) is 35.0 Å². The van der Waals surface area contributed by atoms with Crippen LogP contribution in [0.5, 0.6) is 5.75 Å². The number of fused-ring (bicyclic) bond motifs is 2. The lowest BCUT2D eigenvalue weighted by molar-refractivity contribution is 0.0697. The Balaban J connectivity index is 2.36. The number of rotatable bonds is 2. The van der Waals surface area contributed by atoms with Gasteiger partial charge >= 0.3 is 5.97 Å². The number of nitrogens with one attached hydrogen (secondary N) is 1. The number of carbonyl (C=O) groups is 1. The monoisotopic (exact) mass is 258 g/mol. The van der Waals surface area contributed by atoms with E-state index in [9.17, 15) is 9.90 Å². The van der Waals surface area contributed by atoms with Gasteiger partial charge < -0.3 is 15.2 Å². The molecule has 1 aromatic heterocycles. The fourth-order valence-electron chi connectivity index (χ4n) is 2.52. The van der Waals surface area contributed by atoms with Crippen LogP contribution in [0.4, 0.5) is 0 Å². The molecule has 1 aliphatic heterocycles. The van der Waals surface area contributed by atoms with Gasteiger partial charge in [-0.2, -0.15) is 0 Å². The molecular weight excluding hydrogens is 244 g/mol. The third-order valence-corrected chi connectivity index (χ3v) is 3.43. The number of pyridine rings is 1. The maximum absolute atomic E-state index is 11.6. The summed E-state index contributed by atoms with van der Waals surface area (Å²) in [6, 6.07) is 5.35. The largest absolute Gasteiger partial charge is 0.497 e. The molecule has 5 heteroatoms. The highest BCUT2D eigenvalue weighted by atomic mass is 16.5. The van der Waals surface area contributed by atoms with Gasteiger partial charge in [0.15, 0.2) is 0 Å². The summed E-state index contributed by atoms with van der Waals surface area (Å²) in [5.41, 5.74) is 2.72. The zero-order valence-electron chi connectivity index (χ0n) is 10.6. The molecule has 1 aromatic carbocycles. The Hall–Kier alpha value is -2.14.